The van der Waals surface area contributed by atoms with Crippen molar-refractivity contribution >= 4 is 44.8 Å². The number of rotatable bonds is 8. The molecule has 1 aromatic heterocycles. The monoisotopic (exact) mass is 495 g/mol. The first-order valence-electron chi connectivity index (χ1n) is 8.99. The largest absolute Gasteiger partial charge is 0.493 e. The fourth-order valence-electron chi connectivity index (χ4n) is 2.62. The molecule has 12 heteroatoms. The number of carbonyl (C=O) groups is 1. The van der Waals surface area contributed by atoms with Gasteiger partial charge in [-0.1, -0.05) is 23.4 Å². The van der Waals surface area contributed by atoms with Crippen LogP contribution in [0.1, 0.15) is 0 Å². The van der Waals surface area contributed by atoms with Crippen LogP contribution in [-0.2, 0) is 14.6 Å². The Balaban J connectivity index is 1.68. The Hall–Kier alpha value is -3.02. The normalized spacial score (nSPS) is 11.1. The summed E-state index contributed by atoms with van der Waals surface area (Å²) < 4.78 is 35.6. The number of nitrogens with one attached hydrogen (secondary N) is 2. The Kier molecular flexibility index (Phi) is 7.44. The molecule has 2 aromatic carbocycles. The summed E-state index contributed by atoms with van der Waals surface area (Å²) in [6.45, 7) is 0. The van der Waals surface area contributed by atoms with Gasteiger partial charge in [-0.15, -0.1) is 0 Å². The van der Waals surface area contributed by atoms with E-state index in [1.807, 2.05) is 0 Å². The van der Waals surface area contributed by atoms with Gasteiger partial charge in [-0.2, -0.15) is 0 Å². The van der Waals surface area contributed by atoms with Crippen LogP contribution in [0, 0.1) is 0 Å². The second kappa shape index (κ2) is 10.1. The topological polar surface area (TPSA) is 127 Å². The highest BCUT2D eigenvalue weighted by molar-refractivity contribution is 7.99. The predicted octanol–water partition coefficient (Wildman–Crippen LogP) is 3.00. The molecule has 3 rings (SSSR count). The highest BCUT2D eigenvalue weighted by atomic mass is 35.5. The minimum atomic E-state index is -4.06. The van der Waals surface area contributed by atoms with Crippen LogP contribution < -0.4 is 20.3 Å². The van der Waals surface area contributed by atoms with Crippen molar-refractivity contribution in [3.05, 3.63) is 64.0 Å². The zero-order chi connectivity index (χ0) is 23.3. The minimum absolute atomic E-state index is 0.0689. The summed E-state index contributed by atoms with van der Waals surface area (Å²) in [6.07, 6.45) is 0.970. The molecule has 32 heavy (non-hydrogen) atoms. The molecule has 0 saturated carbocycles. The SMILES string of the molecule is COc1ccc(NC(=O)CSc2ncc(S(=O)(=O)c3ccc(Cl)cc3)c(=O)[nH]2)cc1OC. The number of anilines is 1. The van der Waals surface area contributed by atoms with Crippen molar-refractivity contribution in [1.82, 2.24) is 9.97 Å². The Morgan fingerprint density at radius 2 is 1.81 bits per heavy atom. The molecular weight excluding hydrogens is 478 g/mol. The molecule has 1 heterocycles. The van der Waals surface area contributed by atoms with E-state index in [1.165, 1.54) is 38.5 Å². The maximum atomic E-state index is 12.7. The van der Waals surface area contributed by atoms with Crippen LogP contribution in [0.25, 0.3) is 0 Å². The zero-order valence-corrected chi connectivity index (χ0v) is 19.3. The van der Waals surface area contributed by atoms with Crippen LogP contribution >= 0.6 is 23.4 Å². The number of nitrogens with zero attached hydrogens (tertiary/aromatic N) is 1. The van der Waals surface area contributed by atoms with Crippen molar-refractivity contribution in [2.24, 2.45) is 0 Å². The molecule has 0 spiro atoms. The summed E-state index contributed by atoms with van der Waals surface area (Å²) in [5.74, 6) is 0.556. The van der Waals surface area contributed by atoms with Crippen LogP contribution in [0.3, 0.4) is 0 Å². The number of sulfone groups is 1. The first-order chi connectivity index (χ1) is 15.2. The number of hydrogen-bond acceptors (Lipinski definition) is 8. The molecule has 0 aliphatic rings. The quantitative estimate of drug-likeness (QED) is 0.360. The van der Waals surface area contributed by atoms with Crippen molar-refractivity contribution in [3.63, 3.8) is 0 Å². The number of aromatic amines is 1. The van der Waals surface area contributed by atoms with Crippen molar-refractivity contribution in [2.75, 3.05) is 25.3 Å². The van der Waals surface area contributed by atoms with E-state index < -0.39 is 20.3 Å². The highest BCUT2D eigenvalue weighted by Crippen LogP contribution is 2.30. The lowest BCUT2D eigenvalue weighted by Gasteiger charge is -2.10. The average molecular weight is 496 g/mol. The van der Waals surface area contributed by atoms with E-state index in [0.717, 1.165) is 18.0 Å². The standard InChI is InChI=1S/C20H18ClN3O6S2/c1-29-15-8-5-13(9-16(15)30-2)23-18(25)11-31-20-22-10-17(19(26)24-20)32(27,28)14-6-3-12(21)4-7-14/h3-10H,11H2,1-2H3,(H,23,25)(H,22,24,26). The lowest BCUT2D eigenvalue weighted by Crippen LogP contribution is -2.20. The van der Waals surface area contributed by atoms with Crippen molar-refractivity contribution in [1.29, 1.82) is 0 Å². The zero-order valence-electron chi connectivity index (χ0n) is 16.9. The van der Waals surface area contributed by atoms with Crippen molar-refractivity contribution in [2.45, 2.75) is 14.9 Å². The summed E-state index contributed by atoms with van der Waals surface area (Å²) in [5.41, 5.74) is -0.336. The maximum Gasteiger partial charge on any atom is 0.270 e. The minimum Gasteiger partial charge on any atom is -0.493 e. The number of methoxy groups -OCH3 is 2. The molecule has 1 amide bonds. The molecule has 0 radical (unpaired) electrons. The van der Waals surface area contributed by atoms with Gasteiger partial charge in [-0.3, -0.25) is 9.59 Å². The Morgan fingerprint density at radius 3 is 2.44 bits per heavy atom. The van der Waals surface area contributed by atoms with E-state index in [0.29, 0.717) is 22.2 Å². The van der Waals surface area contributed by atoms with Gasteiger partial charge in [0.2, 0.25) is 15.7 Å². The van der Waals surface area contributed by atoms with E-state index in [-0.39, 0.29) is 21.7 Å². The Bertz CT molecular complexity index is 1290. The van der Waals surface area contributed by atoms with E-state index in [2.05, 4.69) is 15.3 Å². The summed E-state index contributed by atoms with van der Waals surface area (Å²) in [4.78, 5) is 30.4. The number of H-pyrrole nitrogens is 1. The molecule has 0 saturated heterocycles. The second-order valence-electron chi connectivity index (χ2n) is 6.25. The molecule has 0 atom stereocenters. The Morgan fingerprint density at radius 1 is 1.12 bits per heavy atom. The third kappa shape index (κ3) is 5.42. The summed E-state index contributed by atoms with van der Waals surface area (Å²) in [6, 6.07) is 10.4. The number of halogens is 1. The smallest absolute Gasteiger partial charge is 0.270 e. The predicted molar refractivity (Wildman–Crippen MR) is 121 cm³/mol. The van der Waals surface area contributed by atoms with Crippen LogP contribution in [-0.4, -0.2) is 44.3 Å². The van der Waals surface area contributed by atoms with Gasteiger partial charge in [0, 0.05) is 16.8 Å². The summed E-state index contributed by atoms with van der Waals surface area (Å²) in [7, 11) is -1.07. The van der Waals surface area contributed by atoms with E-state index >= 15 is 0 Å². The fraction of sp³-hybridized carbons (Fsp3) is 0.150. The fourth-order valence-corrected chi connectivity index (χ4v) is 4.61. The third-order valence-electron chi connectivity index (χ3n) is 4.16. The number of thioether (sulfide) groups is 1. The van der Waals surface area contributed by atoms with Gasteiger partial charge in [0.15, 0.2) is 21.6 Å². The number of carbonyl (C=O) groups excluding carboxylic acids is 1. The number of benzene rings is 2. The van der Waals surface area contributed by atoms with E-state index in [1.54, 1.807) is 18.2 Å². The van der Waals surface area contributed by atoms with Gasteiger partial charge in [-0.25, -0.2) is 13.4 Å². The van der Waals surface area contributed by atoms with Gasteiger partial charge in [0.1, 0.15) is 0 Å². The van der Waals surface area contributed by atoms with Gasteiger partial charge in [-0.05, 0) is 36.4 Å². The lowest BCUT2D eigenvalue weighted by molar-refractivity contribution is -0.113. The van der Waals surface area contributed by atoms with Crippen LogP contribution in [0.4, 0.5) is 5.69 Å². The molecule has 0 bridgehead atoms. The molecule has 2 N–H and O–H groups in total. The molecule has 0 fully saturated rings. The summed E-state index contributed by atoms with van der Waals surface area (Å²) >= 11 is 6.73. The third-order valence-corrected chi connectivity index (χ3v) is 7.07. The molecule has 168 valence electrons. The average Bonchev–Trinajstić information content (AvgIpc) is 2.77. The van der Waals surface area contributed by atoms with Crippen LogP contribution in [0.2, 0.25) is 5.02 Å². The number of amides is 1. The van der Waals surface area contributed by atoms with E-state index in [4.69, 9.17) is 21.1 Å². The molecular formula is C20H18ClN3O6S2. The molecule has 9 nitrogen and oxygen atoms in total. The van der Waals surface area contributed by atoms with Crippen molar-refractivity contribution in [3.8, 4) is 11.5 Å². The number of ether oxygens (including phenoxy) is 2. The maximum absolute atomic E-state index is 12.7. The lowest BCUT2D eigenvalue weighted by atomic mass is 10.2. The van der Waals surface area contributed by atoms with Crippen molar-refractivity contribution < 1.29 is 22.7 Å². The van der Waals surface area contributed by atoms with Gasteiger partial charge < -0.3 is 19.8 Å². The van der Waals surface area contributed by atoms with E-state index in [9.17, 15) is 18.0 Å². The first kappa shape index (κ1) is 23.6. The molecule has 3 aromatic rings. The van der Waals surface area contributed by atoms with Crippen LogP contribution in [0.5, 0.6) is 11.5 Å². The molecule has 0 aliphatic heterocycles. The summed E-state index contributed by atoms with van der Waals surface area (Å²) in [5, 5.41) is 3.17. The Labute approximate surface area is 193 Å². The molecule has 0 unspecified atom stereocenters. The second-order valence-corrected chi connectivity index (χ2v) is 9.56. The van der Waals surface area contributed by atoms with Gasteiger partial charge >= 0.3 is 0 Å². The highest BCUT2D eigenvalue weighted by Gasteiger charge is 2.22. The number of hydrogen-bond donors (Lipinski definition) is 2. The van der Waals surface area contributed by atoms with Gasteiger partial charge in [0.05, 0.1) is 31.1 Å². The van der Waals surface area contributed by atoms with Gasteiger partial charge in [0.25, 0.3) is 5.56 Å². The number of aromatic nitrogens is 2. The first-order valence-corrected chi connectivity index (χ1v) is 11.8. The molecule has 0 aliphatic carbocycles. The van der Waals surface area contributed by atoms with Crippen LogP contribution in [0.15, 0.2) is 68.4 Å².